The topological polar surface area (TPSA) is 57.6 Å². The summed E-state index contributed by atoms with van der Waals surface area (Å²) in [5.74, 6) is -0.348. The first-order chi connectivity index (χ1) is 6.32. The molecule has 1 aliphatic heterocycles. The van der Waals surface area contributed by atoms with Crippen LogP contribution in [0.25, 0.3) is 0 Å². The van der Waals surface area contributed by atoms with E-state index in [9.17, 15) is 9.59 Å². The Kier molecular flexibility index (Phi) is 2.95. The Morgan fingerprint density at radius 2 is 1.79 bits per heavy atom. The summed E-state index contributed by atoms with van der Waals surface area (Å²) < 4.78 is 0. The van der Waals surface area contributed by atoms with Gasteiger partial charge in [-0.15, -0.1) is 0 Å². The molecule has 1 N–H and O–H groups in total. The van der Waals surface area contributed by atoms with Crippen LogP contribution in [-0.2, 0) is 9.59 Å². The van der Waals surface area contributed by atoms with Gasteiger partial charge in [-0.3, -0.25) is 14.5 Å². The minimum Gasteiger partial charge on any atom is -0.392 e. The molecule has 1 aliphatic rings. The third kappa shape index (κ3) is 2.54. The highest BCUT2D eigenvalue weighted by atomic mass is 16.3. The molecule has 4 heteroatoms. The van der Waals surface area contributed by atoms with Crippen LogP contribution in [0, 0.1) is 5.41 Å². The van der Waals surface area contributed by atoms with Crippen LogP contribution >= 0.6 is 0 Å². The fourth-order valence-electron chi connectivity index (χ4n) is 1.68. The Morgan fingerprint density at radius 3 is 2.14 bits per heavy atom. The van der Waals surface area contributed by atoms with Crippen molar-refractivity contribution in [1.82, 2.24) is 4.90 Å². The SMILES string of the molecule is C[C@@H](O)CN1C(=O)CC(C)(C)CC1=O. The lowest BCUT2D eigenvalue weighted by atomic mass is 9.82. The zero-order valence-corrected chi connectivity index (χ0v) is 8.91. The Bertz CT molecular complexity index is 238. The van der Waals surface area contributed by atoms with Crippen molar-refractivity contribution < 1.29 is 14.7 Å². The maximum absolute atomic E-state index is 11.5. The van der Waals surface area contributed by atoms with Gasteiger partial charge in [0, 0.05) is 12.8 Å². The van der Waals surface area contributed by atoms with Crippen molar-refractivity contribution in [2.75, 3.05) is 6.54 Å². The van der Waals surface area contributed by atoms with Crippen LogP contribution < -0.4 is 0 Å². The predicted octanol–water partition coefficient (Wildman–Crippen LogP) is 0.542. The lowest BCUT2D eigenvalue weighted by Gasteiger charge is -2.35. The van der Waals surface area contributed by atoms with Gasteiger partial charge in [0.2, 0.25) is 11.8 Å². The van der Waals surface area contributed by atoms with Crippen LogP contribution in [0.15, 0.2) is 0 Å². The van der Waals surface area contributed by atoms with E-state index in [2.05, 4.69) is 0 Å². The molecule has 2 amide bonds. The van der Waals surface area contributed by atoms with E-state index in [0.29, 0.717) is 12.8 Å². The number of likely N-dealkylation sites (tertiary alicyclic amines) is 1. The van der Waals surface area contributed by atoms with Gasteiger partial charge < -0.3 is 5.11 Å². The van der Waals surface area contributed by atoms with Crippen LogP contribution in [0.1, 0.15) is 33.6 Å². The molecule has 14 heavy (non-hydrogen) atoms. The van der Waals surface area contributed by atoms with Crippen molar-refractivity contribution >= 4 is 11.8 Å². The van der Waals surface area contributed by atoms with E-state index >= 15 is 0 Å². The minimum atomic E-state index is -0.649. The van der Waals surface area contributed by atoms with Gasteiger partial charge in [-0.05, 0) is 12.3 Å². The standard InChI is InChI=1S/C10H17NO3/c1-7(12)6-11-8(13)4-10(2,3)5-9(11)14/h7,12H,4-6H2,1-3H3/t7-/m1/s1. The molecular formula is C10H17NO3. The van der Waals surface area contributed by atoms with Crippen molar-refractivity contribution in [1.29, 1.82) is 0 Å². The molecule has 1 rings (SSSR count). The summed E-state index contributed by atoms with van der Waals surface area (Å²) in [5, 5.41) is 9.12. The van der Waals surface area contributed by atoms with Gasteiger partial charge in [0.15, 0.2) is 0 Å². The van der Waals surface area contributed by atoms with Crippen LogP contribution in [-0.4, -0.2) is 34.5 Å². The molecule has 0 aromatic carbocycles. The number of rotatable bonds is 2. The summed E-state index contributed by atoms with van der Waals surface area (Å²) in [5.41, 5.74) is -0.233. The number of hydrogen-bond acceptors (Lipinski definition) is 3. The van der Waals surface area contributed by atoms with Crippen molar-refractivity contribution in [3.63, 3.8) is 0 Å². The summed E-state index contributed by atoms with van der Waals surface area (Å²) >= 11 is 0. The van der Waals surface area contributed by atoms with Gasteiger partial charge >= 0.3 is 0 Å². The van der Waals surface area contributed by atoms with Gasteiger partial charge in [0.05, 0.1) is 12.6 Å². The number of piperidine rings is 1. The number of nitrogens with zero attached hydrogens (tertiary/aromatic N) is 1. The monoisotopic (exact) mass is 199 g/mol. The molecular weight excluding hydrogens is 182 g/mol. The number of aliphatic hydroxyl groups is 1. The minimum absolute atomic E-state index is 0.119. The molecule has 0 aromatic heterocycles. The summed E-state index contributed by atoms with van der Waals surface area (Å²) in [4.78, 5) is 24.3. The van der Waals surface area contributed by atoms with E-state index in [1.807, 2.05) is 13.8 Å². The Balaban J connectivity index is 2.71. The van der Waals surface area contributed by atoms with E-state index in [1.165, 1.54) is 0 Å². The summed E-state index contributed by atoms with van der Waals surface area (Å²) in [7, 11) is 0. The second kappa shape index (κ2) is 3.69. The molecule has 0 spiro atoms. The maximum Gasteiger partial charge on any atom is 0.229 e. The molecule has 0 bridgehead atoms. The van der Waals surface area contributed by atoms with Crippen molar-refractivity contribution in [3.8, 4) is 0 Å². The third-order valence-corrected chi connectivity index (χ3v) is 2.31. The maximum atomic E-state index is 11.5. The molecule has 1 saturated heterocycles. The highest BCUT2D eigenvalue weighted by Crippen LogP contribution is 2.31. The van der Waals surface area contributed by atoms with E-state index < -0.39 is 6.10 Å². The van der Waals surface area contributed by atoms with Gasteiger partial charge in [-0.2, -0.15) is 0 Å². The smallest absolute Gasteiger partial charge is 0.229 e. The predicted molar refractivity (Wildman–Crippen MR) is 51.4 cm³/mol. The molecule has 4 nitrogen and oxygen atoms in total. The highest BCUT2D eigenvalue weighted by Gasteiger charge is 2.37. The zero-order chi connectivity index (χ0) is 10.9. The molecule has 0 aliphatic carbocycles. The van der Waals surface area contributed by atoms with Gasteiger partial charge in [0.1, 0.15) is 0 Å². The van der Waals surface area contributed by atoms with E-state index in [1.54, 1.807) is 6.92 Å². The molecule has 0 unspecified atom stereocenters. The number of amides is 2. The second-order valence-electron chi connectivity index (χ2n) is 4.76. The van der Waals surface area contributed by atoms with Gasteiger partial charge in [-0.25, -0.2) is 0 Å². The normalized spacial score (nSPS) is 23.9. The fourth-order valence-corrected chi connectivity index (χ4v) is 1.68. The van der Waals surface area contributed by atoms with E-state index in [0.717, 1.165) is 4.90 Å². The largest absolute Gasteiger partial charge is 0.392 e. The van der Waals surface area contributed by atoms with Crippen LogP contribution in [0.2, 0.25) is 0 Å². The Labute approximate surface area is 83.9 Å². The molecule has 0 aromatic rings. The first kappa shape index (κ1) is 11.2. The first-order valence-electron chi connectivity index (χ1n) is 4.83. The van der Waals surface area contributed by atoms with Crippen LogP contribution in [0.3, 0.4) is 0 Å². The lowest BCUT2D eigenvalue weighted by Crippen LogP contribution is -2.48. The lowest BCUT2D eigenvalue weighted by molar-refractivity contribution is -0.153. The van der Waals surface area contributed by atoms with Crippen molar-refractivity contribution in [3.05, 3.63) is 0 Å². The Hall–Kier alpha value is -0.900. The molecule has 1 fully saturated rings. The molecule has 0 saturated carbocycles. The number of carbonyl (C=O) groups excluding carboxylic acids is 2. The van der Waals surface area contributed by atoms with Gasteiger partial charge in [-0.1, -0.05) is 13.8 Å². The summed E-state index contributed by atoms with van der Waals surface area (Å²) in [6, 6.07) is 0. The molecule has 0 radical (unpaired) electrons. The molecule has 80 valence electrons. The summed E-state index contributed by atoms with van der Waals surface area (Å²) in [6.07, 6.45) is 0.112. The highest BCUT2D eigenvalue weighted by molar-refractivity contribution is 5.98. The number of imide groups is 1. The zero-order valence-electron chi connectivity index (χ0n) is 8.91. The number of hydrogen-bond donors (Lipinski definition) is 1. The Morgan fingerprint density at radius 1 is 1.36 bits per heavy atom. The average molecular weight is 199 g/mol. The number of aliphatic hydroxyl groups excluding tert-OH is 1. The summed E-state index contributed by atoms with van der Waals surface area (Å²) in [6.45, 7) is 5.50. The average Bonchev–Trinajstić information content (AvgIpc) is 1.94. The number of carbonyl (C=O) groups is 2. The molecule has 1 heterocycles. The molecule has 1 atom stereocenters. The third-order valence-electron chi connectivity index (χ3n) is 2.31. The van der Waals surface area contributed by atoms with E-state index in [-0.39, 0.29) is 23.8 Å². The fraction of sp³-hybridized carbons (Fsp3) is 0.800. The van der Waals surface area contributed by atoms with Gasteiger partial charge in [0.25, 0.3) is 0 Å². The van der Waals surface area contributed by atoms with Crippen LogP contribution in [0.5, 0.6) is 0 Å². The first-order valence-corrected chi connectivity index (χ1v) is 4.83. The van der Waals surface area contributed by atoms with Crippen molar-refractivity contribution in [2.45, 2.75) is 39.7 Å². The quantitative estimate of drug-likeness (QED) is 0.660. The van der Waals surface area contributed by atoms with Crippen LogP contribution in [0.4, 0.5) is 0 Å². The number of β-amino-alcohol motifs (C(OH)–C–C–N with tert-alkyl or cyclic N) is 1. The van der Waals surface area contributed by atoms with Crippen molar-refractivity contribution in [2.24, 2.45) is 5.41 Å². The van der Waals surface area contributed by atoms with E-state index in [4.69, 9.17) is 5.11 Å². The second-order valence-corrected chi connectivity index (χ2v) is 4.76.